The fourth-order valence-electron chi connectivity index (χ4n) is 3.44. The van der Waals surface area contributed by atoms with Gasteiger partial charge >= 0.3 is 5.97 Å². The second kappa shape index (κ2) is 9.53. The molecular formula is C22H20ClFN4O2S. The van der Waals surface area contributed by atoms with Gasteiger partial charge in [0, 0.05) is 38.0 Å². The minimum atomic E-state index is -0.956. The van der Waals surface area contributed by atoms with Gasteiger partial charge in [0.05, 0.1) is 11.3 Å². The number of nitrogens with zero attached hydrogens (tertiary/aromatic N) is 4. The molecule has 6 nitrogen and oxygen atoms in total. The van der Waals surface area contributed by atoms with Crippen molar-refractivity contribution in [3.8, 4) is 0 Å². The van der Waals surface area contributed by atoms with E-state index in [1.54, 1.807) is 36.4 Å². The summed E-state index contributed by atoms with van der Waals surface area (Å²) < 4.78 is 14.1. The number of carbonyl (C=O) groups is 1. The average Bonchev–Trinajstić information content (AvgIpc) is 2.78. The second-order valence-corrected chi connectivity index (χ2v) is 8.38. The van der Waals surface area contributed by atoms with Gasteiger partial charge in [-0.3, -0.25) is 0 Å². The lowest BCUT2D eigenvalue weighted by Crippen LogP contribution is -2.47. The first kappa shape index (κ1) is 21.4. The number of hydrogen-bond donors (Lipinski definition) is 1. The van der Waals surface area contributed by atoms with Gasteiger partial charge in [-0.15, -0.1) is 0 Å². The van der Waals surface area contributed by atoms with E-state index in [2.05, 4.69) is 14.9 Å². The third-order valence-electron chi connectivity index (χ3n) is 5.00. The monoisotopic (exact) mass is 458 g/mol. The van der Waals surface area contributed by atoms with Crippen molar-refractivity contribution in [2.75, 3.05) is 36.0 Å². The Morgan fingerprint density at radius 2 is 1.77 bits per heavy atom. The molecule has 2 heterocycles. The second-order valence-electron chi connectivity index (χ2n) is 7.05. The highest BCUT2D eigenvalue weighted by atomic mass is 35.5. The summed E-state index contributed by atoms with van der Waals surface area (Å²) in [6.45, 7) is 2.72. The van der Waals surface area contributed by atoms with Gasteiger partial charge in [0.25, 0.3) is 0 Å². The number of piperazine rings is 1. The molecule has 0 saturated carbocycles. The van der Waals surface area contributed by atoms with Gasteiger partial charge in [0.2, 0.25) is 0 Å². The van der Waals surface area contributed by atoms with E-state index in [-0.39, 0.29) is 11.4 Å². The zero-order valence-corrected chi connectivity index (χ0v) is 18.1. The van der Waals surface area contributed by atoms with E-state index in [1.807, 2.05) is 17.0 Å². The molecule has 0 amide bonds. The van der Waals surface area contributed by atoms with Crippen molar-refractivity contribution in [3.05, 3.63) is 76.7 Å². The van der Waals surface area contributed by atoms with Crippen LogP contribution in [-0.4, -0.2) is 47.2 Å². The lowest BCUT2D eigenvalue weighted by molar-refractivity contribution is 0.0696. The van der Waals surface area contributed by atoms with Crippen molar-refractivity contribution in [3.63, 3.8) is 0 Å². The molecule has 0 atom stereocenters. The lowest BCUT2D eigenvalue weighted by Gasteiger charge is -2.36. The Morgan fingerprint density at radius 3 is 2.52 bits per heavy atom. The Labute approximate surface area is 188 Å². The number of anilines is 2. The molecular weight excluding hydrogens is 439 g/mol. The first-order valence-corrected chi connectivity index (χ1v) is 11.1. The van der Waals surface area contributed by atoms with Crippen LogP contribution in [0.25, 0.3) is 0 Å². The SMILES string of the molecule is O=C(O)c1cccc(CSc2nc(Cl)cc(N3CCN(c4ccccc4F)CC3)n2)c1. The van der Waals surface area contributed by atoms with Gasteiger partial charge in [-0.25, -0.2) is 19.2 Å². The fraction of sp³-hybridized carbons (Fsp3) is 0.227. The molecule has 4 rings (SSSR count). The number of carboxylic acid groups (broad SMARTS) is 1. The van der Waals surface area contributed by atoms with E-state index in [9.17, 15) is 9.18 Å². The van der Waals surface area contributed by atoms with Crippen LogP contribution in [0, 0.1) is 5.82 Å². The molecule has 0 radical (unpaired) electrons. The summed E-state index contributed by atoms with van der Waals surface area (Å²) in [5.74, 6) is 0.0893. The van der Waals surface area contributed by atoms with E-state index in [0.29, 0.717) is 47.9 Å². The number of rotatable bonds is 6. The summed E-state index contributed by atoms with van der Waals surface area (Å²) in [5.41, 5.74) is 1.73. The van der Waals surface area contributed by atoms with Crippen LogP contribution in [0.1, 0.15) is 15.9 Å². The van der Waals surface area contributed by atoms with Crippen molar-refractivity contribution >= 4 is 40.8 Å². The van der Waals surface area contributed by atoms with Crippen LogP contribution in [0.5, 0.6) is 0 Å². The predicted octanol–water partition coefficient (Wildman–Crippen LogP) is 4.59. The first-order chi connectivity index (χ1) is 15.0. The maximum absolute atomic E-state index is 14.1. The normalized spacial score (nSPS) is 14.0. The predicted molar refractivity (Wildman–Crippen MR) is 121 cm³/mol. The van der Waals surface area contributed by atoms with Crippen LogP contribution >= 0.6 is 23.4 Å². The van der Waals surface area contributed by atoms with E-state index in [4.69, 9.17) is 16.7 Å². The molecule has 0 spiro atoms. The van der Waals surface area contributed by atoms with E-state index in [1.165, 1.54) is 17.8 Å². The number of carboxylic acids is 1. The third kappa shape index (κ3) is 5.26. The molecule has 9 heteroatoms. The van der Waals surface area contributed by atoms with Crippen molar-refractivity contribution in [1.82, 2.24) is 9.97 Å². The summed E-state index contributed by atoms with van der Waals surface area (Å²) in [4.78, 5) is 24.2. The largest absolute Gasteiger partial charge is 0.478 e. The number of aromatic nitrogens is 2. The molecule has 1 saturated heterocycles. The molecule has 1 aliphatic rings. The molecule has 0 unspecified atom stereocenters. The smallest absolute Gasteiger partial charge is 0.335 e. The Bertz CT molecular complexity index is 1090. The van der Waals surface area contributed by atoms with Crippen LogP contribution in [0.4, 0.5) is 15.9 Å². The Morgan fingerprint density at radius 1 is 1.03 bits per heavy atom. The number of benzene rings is 2. The summed E-state index contributed by atoms with van der Waals surface area (Å²) in [7, 11) is 0. The van der Waals surface area contributed by atoms with Crippen molar-refractivity contribution in [2.45, 2.75) is 10.9 Å². The van der Waals surface area contributed by atoms with Crippen molar-refractivity contribution < 1.29 is 14.3 Å². The molecule has 1 aliphatic heterocycles. The topological polar surface area (TPSA) is 69.6 Å². The highest BCUT2D eigenvalue weighted by Crippen LogP contribution is 2.27. The molecule has 160 valence electrons. The lowest BCUT2D eigenvalue weighted by atomic mass is 10.1. The molecule has 1 N–H and O–H groups in total. The summed E-state index contributed by atoms with van der Waals surface area (Å²) in [5, 5.41) is 10.0. The summed E-state index contributed by atoms with van der Waals surface area (Å²) in [6.07, 6.45) is 0. The molecule has 0 aliphatic carbocycles. The summed E-state index contributed by atoms with van der Waals surface area (Å²) in [6, 6.07) is 15.3. The van der Waals surface area contributed by atoms with Gasteiger partial charge in [0.1, 0.15) is 16.8 Å². The molecule has 2 aromatic carbocycles. The van der Waals surface area contributed by atoms with E-state index < -0.39 is 5.97 Å². The van der Waals surface area contributed by atoms with E-state index in [0.717, 1.165) is 11.4 Å². The maximum Gasteiger partial charge on any atom is 0.335 e. The number of para-hydroxylation sites is 1. The molecule has 0 bridgehead atoms. The van der Waals surface area contributed by atoms with Crippen LogP contribution in [0.15, 0.2) is 59.8 Å². The zero-order chi connectivity index (χ0) is 21.8. The van der Waals surface area contributed by atoms with Crippen molar-refractivity contribution in [2.24, 2.45) is 0 Å². The van der Waals surface area contributed by atoms with Crippen LogP contribution in [-0.2, 0) is 5.75 Å². The number of thioether (sulfide) groups is 1. The number of halogens is 2. The minimum absolute atomic E-state index is 0.216. The quantitative estimate of drug-likeness (QED) is 0.329. The maximum atomic E-state index is 14.1. The molecule has 31 heavy (non-hydrogen) atoms. The Hall–Kier alpha value is -2.84. The zero-order valence-electron chi connectivity index (χ0n) is 16.5. The van der Waals surface area contributed by atoms with Gasteiger partial charge in [-0.2, -0.15) is 0 Å². The number of aromatic carboxylic acids is 1. The summed E-state index contributed by atoms with van der Waals surface area (Å²) >= 11 is 7.63. The Balaban J connectivity index is 1.42. The highest BCUT2D eigenvalue weighted by molar-refractivity contribution is 7.98. The minimum Gasteiger partial charge on any atom is -0.478 e. The third-order valence-corrected chi connectivity index (χ3v) is 6.11. The van der Waals surface area contributed by atoms with Crippen molar-refractivity contribution in [1.29, 1.82) is 0 Å². The fourth-order valence-corrected chi connectivity index (χ4v) is 4.46. The Kier molecular flexibility index (Phi) is 6.58. The molecule has 1 aromatic heterocycles. The highest BCUT2D eigenvalue weighted by Gasteiger charge is 2.21. The first-order valence-electron chi connectivity index (χ1n) is 9.73. The molecule has 3 aromatic rings. The van der Waals surface area contributed by atoms with Gasteiger partial charge in [0.15, 0.2) is 5.16 Å². The van der Waals surface area contributed by atoms with Gasteiger partial charge in [-0.05, 0) is 29.8 Å². The molecule has 1 fully saturated rings. The van der Waals surface area contributed by atoms with Crippen LogP contribution in [0.2, 0.25) is 5.15 Å². The average molecular weight is 459 g/mol. The van der Waals surface area contributed by atoms with Crippen LogP contribution in [0.3, 0.4) is 0 Å². The van der Waals surface area contributed by atoms with Gasteiger partial charge in [-0.1, -0.05) is 47.6 Å². The van der Waals surface area contributed by atoms with Gasteiger partial charge < -0.3 is 14.9 Å². The van der Waals surface area contributed by atoms with Crippen LogP contribution < -0.4 is 9.80 Å². The number of hydrogen-bond acceptors (Lipinski definition) is 6. The van der Waals surface area contributed by atoms with E-state index >= 15 is 0 Å². The standard InChI is InChI=1S/C22H20ClFN4O2S/c23-19-13-20(28-10-8-27(9-11-28)18-7-2-1-6-17(18)24)26-22(25-19)31-14-15-4-3-5-16(12-15)21(29)30/h1-7,12-13H,8-11,14H2,(H,29,30).